The highest BCUT2D eigenvalue weighted by atomic mass is 32.2. The van der Waals surface area contributed by atoms with Crippen molar-refractivity contribution in [3.8, 4) is 0 Å². The van der Waals surface area contributed by atoms with Crippen LogP contribution < -0.4 is 5.32 Å². The summed E-state index contributed by atoms with van der Waals surface area (Å²) in [6, 6.07) is 4.25. The first-order valence-electron chi connectivity index (χ1n) is 11.6. The van der Waals surface area contributed by atoms with Crippen LogP contribution in [0, 0.1) is 33.6 Å². The average molecular weight is 474 g/mol. The highest BCUT2D eigenvalue weighted by molar-refractivity contribution is 7.89. The molecule has 1 aromatic heterocycles. The number of hydrogen-bond acceptors (Lipinski definition) is 5. The summed E-state index contributed by atoms with van der Waals surface area (Å²) in [7, 11) is -3.87. The van der Waals surface area contributed by atoms with E-state index in [0.717, 1.165) is 23.1 Å². The number of rotatable bonds is 7. The Morgan fingerprint density at radius 3 is 2.55 bits per heavy atom. The third-order valence-corrected chi connectivity index (χ3v) is 8.35. The van der Waals surface area contributed by atoms with Crippen LogP contribution in [0.3, 0.4) is 0 Å². The van der Waals surface area contributed by atoms with Gasteiger partial charge in [-0.2, -0.15) is 4.31 Å². The van der Waals surface area contributed by atoms with E-state index >= 15 is 0 Å². The van der Waals surface area contributed by atoms with Gasteiger partial charge in [0.05, 0.1) is 5.92 Å². The third kappa shape index (κ3) is 5.55. The number of sulfonamides is 1. The van der Waals surface area contributed by atoms with E-state index in [1.54, 1.807) is 13.0 Å². The molecule has 3 rings (SSSR count). The Bertz CT molecular complexity index is 1130. The first-order chi connectivity index (χ1) is 15.5. The smallest absolute Gasteiger partial charge is 0.248 e. The molecule has 2 atom stereocenters. The van der Waals surface area contributed by atoms with Gasteiger partial charge in [0.25, 0.3) is 0 Å². The van der Waals surface area contributed by atoms with Crippen molar-refractivity contribution in [1.82, 2.24) is 14.8 Å². The molecule has 1 N–H and O–H groups in total. The van der Waals surface area contributed by atoms with Crippen molar-refractivity contribution in [2.75, 3.05) is 13.1 Å². The number of carbonyl (C=O) groups excluding carboxylic acids is 1. The number of piperidine rings is 1. The van der Waals surface area contributed by atoms with Gasteiger partial charge in [-0.1, -0.05) is 35.9 Å². The summed E-state index contributed by atoms with van der Waals surface area (Å²) < 4.78 is 34.0. The van der Waals surface area contributed by atoms with Gasteiger partial charge < -0.3 is 9.84 Å². The van der Waals surface area contributed by atoms with Gasteiger partial charge in [-0.15, -0.1) is 0 Å². The minimum absolute atomic E-state index is 0.0650. The Kier molecular flexibility index (Phi) is 7.80. The van der Waals surface area contributed by atoms with Gasteiger partial charge in [0.1, 0.15) is 5.69 Å². The number of nitrogens with one attached hydrogen (secondary N) is 1. The molecule has 1 aromatic carbocycles. The minimum Gasteiger partial charge on any atom is -0.355 e. The lowest BCUT2D eigenvalue weighted by molar-refractivity contribution is -0.126. The van der Waals surface area contributed by atoms with Crippen LogP contribution in [0.25, 0.3) is 12.2 Å². The summed E-state index contributed by atoms with van der Waals surface area (Å²) in [6.07, 6.45) is 5.69. The Morgan fingerprint density at radius 1 is 1.24 bits per heavy atom. The van der Waals surface area contributed by atoms with Crippen LogP contribution in [0.2, 0.25) is 0 Å². The lowest BCUT2D eigenvalue weighted by Crippen LogP contribution is -2.47. The number of benzene rings is 1. The summed E-state index contributed by atoms with van der Waals surface area (Å²) in [6.45, 7) is 12.2. The van der Waals surface area contributed by atoms with E-state index in [4.69, 9.17) is 4.52 Å². The van der Waals surface area contributed by atoms with Crippen LogP contribution in [0.15, 0.2) is 21.6 Å². The molecule has 8 heteroatoms. The molecule has 1 fully saturated rings. The van der Waals surface area contributed by atoms with Crippen LogP contribution in [0.5, 0.6) is 0 Å². The lowest BCUT2D eigenvalue weighted by Gasteiger charge is -2.31. The van der Waals surface area contributed by atoms with Gasteiger partial charge in [0, 0.05) is 19.1 Å². The van der Waals surface area contributed by atoms with E-state index in [0.29, 0.717) is 25.1 Å². The zero-order chi connectivity index (χ0) is 24.3. The van der Waals surface area contributed by atoms with Gasteiger partial charge in [-0.3, -0.25) is 4.79 Å². The van der Waals surface area contributed by atoms with Crippen molar-refractivity contribution in [3.05, 3.63) is 45.8 Å². The maximum Gasteiger partial charge on any atom is 0.248 e. The molecule has 2 aromatic rings. The third-order valence-electron chi connectivity index (χ3n) is 6.33. The van der Waals surface area contributed by atoms with Crippen LogP contribution >= 0.6 is 0 Å². The molecule has 1 aliphatic rings. The average Bonchev–Trinajstić information content (AvgIpc) is 3.14. The molecule has 2 heterocycles. The van der Waals surface area contributed by atoms with Gasteiger partial charge in [0.15, 0.2) is 10.7 Å². The van der Waals surface area contributed by atoms with Crippen molar-refractivity contribution in [2.45, 2.75) is 71.7 Å². The minimum atomic E-state index is -3.87. The topological polar surface area (TPSA) is 92.5 Å². The monoisotopic (exact) mass is 473 g/mol. The van der Waals surface area contributed by atoms with Crippen molar-refractivity contribution in [1.29, 1.82) is 0 Å². The fraction of sp³-hybridized carbons (Fsp3) is 0.520. The van der Waals surface area contributed by atoms with Gasteiger partial charge in [0.2, 0.25) is 15.9 Å². The summed E-state index contributed by atoms with van der Waals surface area (Å²) in [5.74, 6) is -0.241. The SMILES string of the molecule is CCC(C)NC(=O)C1CCCN(S(=O)(=O)c2c(C)noc2C=Cc2c(C)cc(C)cc2C)C1. The predicted molar refractivity (Wildman–Crippen MR) is 130 cm³/mol. The molecular weight excluding hydrogens is 438 g/mol. The summed E-state index contributed by atoms with van der Waals surface area (Å²) in [5, 5.41) is 6.92. The fourth-order valence-corrected chi connectivity index (χ4v) is 6.15. The van der Waals surface area contributed by atoms with Crippen molar-refractivity contribution >= 4 is 28.1 Å². The van der Waals surface area contributed by atoms with E-state index in [9.17, 15) is 13.2 Å². The molecule has 0 saturated carbocycles. The molecule has 0 bridgehead atoms. The quantitative estimate of drug-likeness (QED) is 0.644. The number of nitrogens with zero attached hydrogens (tertiary/aromatic N) is 2. The standard InChI is InChI=1S/C25H35N3O4S/c1-7-19(5)26-25(29)21-9-8-12-28(15-21)33(30,31)24-20(6)27-32-23(24)11-10-22-17(3)13-16(2)14-18(22)4/h10-11,13-14,19,21H,7-9,12,15H2,1-6H3,(H,26,29). The molecule has 1 aliphatic heterocycles. The highest BCUT2D eigenvalue weighted by Gasteiger charge is 2.37. The van der Waals surface area contributed by atoms with Crippen molar-refractivity contribution < 1.29 is 17.7 Å². The number of aryl methyl sites for hydroxylation is 4. The van der Waals surface area contributed by atoms with Crippen LogP contribution in [-0.4, -0.2) is 42.9 Å². The zero-order valence-electron chi connectivity index (χ0n) is 20.4. The second-order valence-electron chi connectivity index (χ2n) is 9.13. The first-order valence-corrected chi connectivity index (χ1v) is 13.0. The van der Waals surface area contributed by atoms with Crippen LogP contribution in [-0.2, 0) is 14.8 Å². The van der Waals surface area contributed by atoms with Crippen LogP contribution in [0.1, 0.15) is 66.8 Å². The molecule has 33 heavy (non-hydrogen) atoms. The van der Waals surface area contributed by atoms with Crippen molar-refractivity contribution in [3.63, 3.8) is 0 Å². The Hall–Kier alpha value is -2.45. The maximum atomic E-state index is 13.6. The summed E-state index contributed by atoms with van der Waals surface area (Å²) >= 11 is 0. The fourth-order valence-electron chi connectivity index (χ4n) is 4.38. The molecule has 1 amide bonds. The number of aromatic nitrogens is 1. The summed E-state index contributed by atoms with van der Waals surface area (Å²) in [4.78, 5) is 12.7. The zero-order valence-corrected chi connectivity index (χ0v) is 21.3. The molecule has 180 valence electrons. The van der Waals surface area contributed by atoms with Gasteiger partial charge in [-0.05, 0) is 76.6 Å². The van der Waals surface area contributed by atoms with Gasteiger partial charge in [-0.25, -0.2) is 8.42 Å². The van der Waals surface area contributed by atoms with E-state index in [1.165, 1.54) is 9.87 Å². The Morgan fingerprint density at radius 2 is 1.91 bits per heavy atom. The van der Waals surface area contributed by atoms with Crippen molar-refractivity contribution in [2.24, 2.45) is 5.92 Å². The molecule has 0 spiro atoms. The van der Waals surface area contributed by atoms with Gasteiger partial charge >= 0.3 is 0 Å². The molecule has 1 saturated heterocycles. The van der Waals surface area contributed by atoms with E-state index in [2.05, 4.69) is 22.6 Å². The first kappa shape index (κ1) is 25.2. The molecular formula is C25H35N3O4S. The van der Waals surface area contributed by atoms with E-state index < -0.39 is 10.0 Å². The lowest BCUT2D eigenvalue weighted by atomic mass is 9.98. The second-order valence-corrected chi connectivity index (χ2v) is 11.0. The molecule has 0 aliphatic carbocycles. The van der Waals surface area contributed by atoms with E-state index in [-0.39, 0.29) is 35.1 Å². The molecule has 2 unspecified atom stereocenters. The highest BCUT2D eigenvalue weighted by Crippen LogP contribution is 2.30. The number of amides is 1. The normalized spacial score (nSPS) is 18.5. The Labute approximate surface area is 197 Å². The second kappa shape index (κ2) is 10.2. The van der Waals surface area contributed by atoms with Crippen LogP contribution in [0.4, 0.5) is 0 Å². The number of carbonyl (C=O) groups is 1. The maximum absolute atomic E-state index is 13.6. The largest absolute Gasteiger partial charge is 0.355 e. The predicted octanol–water partition coefficient (Wildman–Crippen LogP) is 4.39. The molecule has 7 nitrogen and oxygen atoms in total. The van der Waals surface area contributed by atoms with E-state index in [1.807, 2.05) is 40.7 Å². The Balaban J connectivity index is 1.88. The number of hydrogen-bond donors (Lipinski definition) is 1. The summed E-state index contributed by atoms with van der Waals surface area (Å²) in [5.41, 5.74) is 4.74. The molecule has 0 radical (unpaired) electrons.